The van der Waals surface area contributed by atoms with Crippen molar-refractivity contribution in [2.45, 2.75) is 12.8 Å². The lowest BCUT2D eigenvalue weighted by Crippen LogP contribution is -2.07. The maximum atomic E-state index is 6.48. The molecule has 5 nitrogen and oxygen atoms in total. The topological polar surface area (TPSA) is 44.4 Å². The lowest BCUT2D eigenvalue weighted by Gasteiger charge is -2.18. The molecule has 5 heterocycles. The summed E-state index contributed by atoms with van der Waals surface area (Å²) < 4.78 is 11.0. The van der Waals surface area contributed by atoms with Crippen molar-refractivity contribution in [3.05, 3.63) is 121 Å². The highest BCUT2D eigenvalue weighted by Gasteiger charge is 2.20. The summed E-state index contributed by atoms with van der Waals surface area (Å²) in [5.41, 5.74) is 8.02. The number of fused-ring (bicyclic) bond motifs is 6. The number of aromatic nitrogens is 4. The predicted octanol–water partition coefficient (Wildman–Crippen LogP) is 8.02. The average Bonchev–Trinajstić information content (AvgIpc) is 3.57. The maximum absolute atomic E-state index is 6.48. The summed E-state index contributed by atoms with van der Waals surface area (Å²) in [7, 11) is 0. The Morgan fingerprint density at radius 2 is 1.49 bits per heavy atom. The second-order valence-electron chi connectivity index (χ2n) is 10.3. The van der Waals surface area contributed by atoms with Gasteiger partial charge in [-0.1, -0.05) is 42.5 Å². The summed E-state index contributed by atoms with van der Waals surface area (Å²) in [6, 6.07) is 33.8. The number of aryl methyl sites for hydroxylation is 2. The summed E-state index contributed by atoms with van der Waals surface area (Å²) in [6.07, 6.45) is 5.95. The molecule has 4 aromatic heterocycles. The van der Waals surface area contributed by atoms with E-state index in [2.05, 4.69) is 87.8 Å². The molecule has 0 saturated heterocycles. The maximum Gasteiger partial charge on any atom is 0.145 e. The van der Waals surface area contributed by atoms with E-state index in [0.717, 1.165) is 57.6 Å². The normalized spacial score (nSPS) is 12.9. The first-order valence-corrected chi connectivity index (χ1v) is 13.3. The number of hydrogen-bond acceptors (Lipinski definition) is 3. The van der Waals surface area contributed by atoms with Crippen LogP contribution in [0.5, 0.6) is 11.5 Å². The molecule has 0 spiro atoms. The molecule has 1 aliphatic rings. The van der Waals surface area contributed by atoms with Gasteiger partial charge in [-0.2, -0.15) is 0 Å². The van der Waals surface area contributed by atoms with Gasteiger partial charge >= 0.3 is 0 Å². The molecule has 0 amide bonds. The molecule has 5 heteroatoms. The van der Waals surface area contributed by atoms with Crippen LogP contribution >= 0.6 is 0 Å². The van der Waals surface area contributed by atoms with Crippen molar-refractivity contribution in [2.24, 2.45) is 0 Å². The molecule has 39 heavy (non-hydrogen) atoms. The molecule has 0 fully saturated rings. The van der Waals surface area contributed by atoms with Gasteiger partial charge in [0.2, 0.25) is 0 Å². The van der Waals surface area contributed by atoms with Crippen molar-refractivity contribution >= 4 is 49.3 Å². The third-order valence-electron chi connectivity index (χ3n) is 8.10. The zero-order chi connectivity index (χ0) is 25.5. The largest absolute Gasteiger partial charge is 0.457 e. The highest BCUT2D eigenvalue weighted by Crippen LogP contribution is 2.38. The monoisotopic (exact) mass is 502 g/mol. The van der Waals surface area contributed by atoms with Gasteiger partial charge in [-0.15, -0.1) is 0 Å². The minimum absolute atomic E-state index is 0.776. The summed E-state index contributed by atoms with van der Waals surface area (Å²) in [4.78, 5) is 9.57. The molecule has 0 aliphatic carbocycles. The SMILES string of the molecule is c1cc(Oc2ccc3c(c2)c2ncc4n2c2c(cccc32)CC4)cc(-n2c3ccccc3c3cccnc32)c1. The van der Waals surface area contributed by atoms with Gasteiger partial charge in [0.1, 0.15) is 22.8 Å². The van der Waals surface area contributed by atoms with E-state index in [1.54, 1.807) is 0 Å². The lowest BCUT2D eigenvalue weighted by molar-refractivity contribution is 0.483. The fraction of sp³-hybridized carbons (Fsp3) is 0.0588. The molecule has 4 aromatic carbocycles. The number of rotatable bonds is 3. The number of benzene rings is 4. The van der Waals surface area contributed by atoms with Gasteiger partial charge in [-0.05, 0) is 72.3 Å². The quantitative estimate of drug-likeness (QED) is 0.230. The molecule has 0 radical (unpaired) electrons. The van der Waals surface area contributed by atoms with Crippen LogP contribution in [-0.4, -0.2) is 18.9 Å². The number of nitrogens with zero attached hydrogens (tertiary/aromatic N) is 4. The van der Waals surface area contributed by atoms with Crippen molar-refractivity contribution in [2.75, 3.05) is 0 Å². The number of para-hydroxylation sites is 2. The number of ether oxygens (including phenoxy) is 1. The van der Waals surface area contributed by atoms with Crippen LogP contribution in [0, 0.1) is 0 Å². The van der Waals surface area contributed by atoms with E-state index >= 15 is 0 Å². The van der Waals surface area contributed by atoms with Crippen molar-refractivity contribution in [1.29, 1.82) is 0 Å². The van der Waals surface area contributed by atoms with E-state index in [4.69, 9.17) is 14.7 Å². The Morgan fingerprint density at radius 3 is 2.49 bits per heavy atom. The van der Waals surface area contributed by atoms with E-state index in [1.165, 1.54) is 32.9 Å². The van der Waals surface area contributed by atoms with Gasteiger partial charge in [0, 0.05) is 45.7 Å². The Hall–Kier alpha value is -5.16. The number of hydrogen-bond donors (Lipinski definition) is 0. The second-order valence-corrected chi connectivity index (χ2v) is 10.3. The molecule has 184 valence electrons. The summed E-state index contributed by atoms with van der Waals surface area (Å²) >= 11 is 0. The first-order chi connectivity index (χ1) is 19.3. The summed E-state index contributed by atoms with van der Waals surface area (Å²) in [5, 5.41) is 5.90. The zero-order valence-corrected chi connectivity index (χ0v) is 21.0. The third-order valence-corrected chi connectivity index (χ3v) is 8.10. The van der Waals surface area contributed by atoms with Crippen LogP contribution < -0.4 is 4.74 Å². The molecule has 0 saturated carbocycles. The first-order valence-electron chi connectivity index (χ1n) is 13.3. The predicted molar refractivity (Wildman–Crippen MR) is 156 cm³/mol. The first kappa shape index (κ1) is 20.8. The Balaban J connectivity index is 1.19. The molecular weight excluding hydrogens is 480 g/mol. The van der Waals surface area contributed by atoms with Crippen LogP contribution in [0.4, 0.5) is 0 Å². The third kappa shape index (κ3) is 2.90. The van der Waals surface area contributed by atoms with Gasteiger partial charge in [0.15, 0.2) is 0 Å². The van der Waals surface area contributed by atoms with Crippen LogP contribution in [0.15, 0.2) is 109 Å². The van der Waals surface area contributed by atoms with Gasteiger partial charge in [-0.3, -0.25) is 8.97 Å². The minimum atomic E-state index is 0.776. The van der Waals surface area contributed by atoms with Crippen LogP contribution in [0.25, 0.3) is 54.9 Å². The highest BCUT2D eigenvalue weighted by atomic mass is 16.5. The Labute approximate surface area is 223 Å². The van der Waals surface area contributed by atoms with Crippen LogP contribution in [0.2, 0.25) is 0 Å². The standard InChI is InChI=1S/C34H22N4O/c1-2-12-31-27(9-1)29-11-5-17-35-33(29)37(31)22-7-4-8-24(18-22)39-25-15-16-26-28-10-3-6-21-13-14-23-20-36-34(30(26)19-25)38(23)32(21)28/h1-12,15-20H,13-14H2. The number of imidazole rings is 1. The molecule has 0 atom stereocenters. The number of pyridine rings is 2. The minimum Gasteiger partial charge on any atom is -0.457 e. The molecular formula is C34H22N4O. The van der Waals surface area contributed by atoms with Gasteiger partial charge in [0.25, 0.3) is 0 Å². The molecule has 0 bridgehead atoms. The highest BCUT2D eigenvalue weighted by molar-refractivity contribution is 6.13. The van der Waals surface area contributed by atoms with Crippen LogP contribution in [0.1, 0.15) is 11.3 Å². The average molecular weight is 503 g/mol. The van der Waals surface area contributed by atoms with Crippen LogP contribution in [-0.2, 0) is 12.8 Å². The van der Waals surface area contributed by atoms with E-state index in [9.17, 15) is 0 Å². The van der Waals surface area contributed by atoms with Gasteiger partial charge in [-0.25, -0.2) is 9.97 Å². The van der Waals surface area contributed by atoms with Gasteiger partial charge < -0.3 is 4.74 Å². The van der Waals surface area contributed by atoms with Crippen molar-refractivity contribution in [3.8, 4) is 17.2 Å². The van der Waals surface area contributed by atoms with Crippen molar-refractivity contribution < 1.29 is 4.74 Å². The van der Waals surface area contributed by atoms with Crippen molar-refractivity contribution in [3.63, 3.8) is 0 Å². The fourth-order valence-corrected chi connectivity index (χ4v) is 6.43. The Kier molecular flexibility index (Phi) is 4.11. The summed E-state index contributed by atoms with van der Waals surface area (Å²) in [5.74, 6) is 1.57. The molecule has 1 aliphatic heterocycles. The lowest BCUT2D eigenvalue weighted by atomic mass is 9.97. The summed E-state index contributed by atoms with van der Waals surface area (Å²) in [6.45, 7) is 0. The molecule has 8 aromatic rings. The molecule has 9 rings (SSSR count). The van der Waals surface area contributed by atoms with E-state index in [1.807, 2.05) is 30.6 Å². The molecule has 0 N–H and O–H groups in total. The smallest absolute Gasteiger partial charge is 0.145 e. The van der Waals surface area contributed by atoms with Crippen molar-refractivity contribution in [1.82, 2.24) is 18.9 Å². The van der Waals surface area contributed by atoms with E-state index in [0.29, 0.717) is 0 Å². The zero-order valence-electron chi connectivity index (χ0n) is 21.0. The Morgan fingerprint density at radius 1 is 0.615 bits per heavy atom. The van der Waals surface area contributed by atoms with E-state index in [-0.39, 0.29) is 0 Å². The van der Waals surface area contributed by atoms with Crippen LogP contribution in [0.3, 0.4) is 0 Å². The fourth-order valence-electron chi connectivity index (χ4n) is 6.43. The van der Waals surface area contributed by atoms with Gasteiger partial charge in [0.05, 0.1) is 16.7 Å². The Bertz CT molecular complexity index is 2220. The second kappa shape index (κ2) is 7.68. The van der Waals surface area contributed by atoms with E-state index < -0.39 is 0 Å². The molecule has 0 unspecified atom stereocenters.